The molecule has 13 rings (SSSR count). The lowest BCUT2D eigenvalue weighted by atomic mass is 10.1. The summed E-state index contributed by atoms with van der Waals surface area (Å²) in [7, 11) is 0. The quantitative estimate of drug-likeness (QED) is 0.168. The smallest absolute Gasteiger partial charge is 0.167 e. The van der Waals surface area contributed by atoms with E-state index in [4.69, 9.17) is 19.9 Å². The van der Waals surface area contributed by atoms with Gasteiger partial charge in [0.1, 0.15) is 0 Å². The molecule has 0 bridgehead atoms. The minimum Gasteiger partial charge on any atom is -0.306 e. The number of para-hydroxylation sites is 6. The van der Waals surface area contributed by atoms with Gasteiger partial charge in [-0.25, -0.2) is 19.9 Å². The van der Waals surface area contributed by atoms with Crippen LogP contribution >= 0.6 is 0 Å². The topological polar surface area (TPSA) is 66.3 Å². The van der Waals surface area contributed by atoms with Gasteiger partial charge in [-0.05, 0) is 42.5 Å². The van der Waals surface area contributed by atoms with Crippen LogP contribution in [0.5, 0.6) is 0 Å². The maximum absolute atomic E-state index is 6.01. The van der Waals surface area contributed by atoms with E-state index in [2.05, 4.69) is 190 Å². The van der Waals surface area contributed by atoms with Crippen LogP contribution in [-0.2, 0) is 0 Å². The average molecular weight is 806 g/mol. The van der Waals surface area contributed by atoms with E-state index in [9.17, 15) is 0 Å². The summed E-state index contributed by atoms with van der Waals surface area (Å²) in [6, 6.07) is 74.3. The molecule has 0 fully saturated rings. The summed E-state index contributed by atoms with van der Waals surface area (Å²) in [5.74, 6) is 3.16. The van der Waals surface area contributed by atoms with Crippen LogP contribution in [0.3, 0.4) is 0 Å². The first-order valence-electron chi connectivity index (χ1n) is 21.2. The fourth-order valence-corrected chi connectivity index (χ4v) is 9.56. The molecule has 8 aromatic carbocycles. The van der Waals surface area contributed by atoms with Gasteiger partial charge < -0.3 is 4.57 Å². The van der Waals surface area contributed by atoms with E-state index in [0.29, 0.717) is 23.3 Å². The highest BCUT2D eigenvalue weighted by Gasteiger charge is 2.27. The number of hydrogen-bond acceptors (Lipinski definition) is 4. The second kappa shape index (κ2) is 13.9. The van der Waals surface area contributed by atoms with Gasteiger partial charge in [-0.3, -0.25) is 9.13 Å². The van der Waals surface area contributed by atoms with Crippen molar-refractivity contribution in [2.45, 2.75) is 0 Å². The Balaban J connectivity index is 1.25. The fraction of sp³-hybridized carbons (Fsp3) is 0. The molecule has 294 valence electrons. The van der Waals surface area contributed by atoms with Gasteiger partial charge in [0.05, 0.1) is 44.4 Å². The monoisotopic (exact) mass is 805 g/mol. The normalized spacial score (nSPS) is 11.8. The zero-order valence-electron chi connectivity index (χ0n) is 33.8. The zero-order valence-corrected chi connectivity index (χ0v) is 33.8. The molecule has 5 heterocycles. The lowest BCUT2D eigenvalue weighted by molar-refractivity contribution is 0.975. The van der Waals surface area contributed by atoms with Gasteiger partial charge in [0.2, 0.25) is 0 Å². The highest BCUT2D eigenvalue weighted by molar-refractivity contribution is 6.12. The van der Waals surface area contributed by atoms with Gasteiger partial charge in [0.25, 0.3) is 0 Å². The van der Waals surface area contributed by atoms with Crippen molar-refractivity contribution >= 4 is 65.4 Å². The summed E-state index contributed by atoms with van der Waals surface area (Å²) in [4.78, 5) is 21.9. The Bertz CT molecular complexity index is 3700. The van der Waals surface area contributed by atoms with E-state index < -0.39 is 0 Å². The summed E-state index contributed by atoms with van der Waals surface area (Å²) in [5.41, 5.74) is 9.78. The summed E-state index contributed by atoms with van der Waals surface area (Å²) < 4.78 is 7.00. The SMILES string of the molecule is c1ccc(-c2nc(-c3ccccc3)nc(-c3cc(-n4c5ccccc5c5ccccc54)c(-n4c5ccccc5c5ccccc54)nc3-n3c4ccccc4c4ccccc43)n2)cc1. The predicted octanol–water partition coefficient (Wildman–Crippen LogP) is 13.6. The number of hydrogen-bond donors (Lipinski definition) is 0. The first-order chi connectivity index (χ1) is 31.3. The van der Waals surface area contributed by atoms with Crippen LogP contribution in [0.2, 0.25) is 0 Å². The van der Waals surface area contributed by atoms with Crippen molar-refractivity contribution < 1.29 is 0 Å². The minimum atomic E-state index is 0.517. The third-order valence-electron chi connectivity index (χ3n) is 12.3. The Morgan fingerprint density at radius 2 is 0.556 bits per heavy atom. The summed E-state index contributed by atoms with van der Waals surface area (Å²) in [6.45, 7) is 0. The molecular formula is C56H35N7. The van der Waals surface area contributed by atoms with E-state index in [0.717, 1.165) is 93.6 Å². The van der Waals surface area contributed by atoms with Crippen LogP contribution < -0.4 is 0 Å². The van der Waals surface area contributed by atoms with E-state index in [-0.39, 0.29) is 0 Å². The van der Waals surface area contributed by atoms with Crippen molar-refractivity contribution in [3.05, 3.63) is 212 Å². The average Bonchev–Trinajstić information content (AvgIpc) is 4.00. The van der Waals surface area contributed by atoms with Crippen LogP contribution in [0.1, 0.15) is 0 Å². The standard InChI is InChI=1S/C56H35N7/c1-3-19-36(20-4-1)52-57-53(37-21-5-2-6-22-37)59-54(58-52)44-35-51(61-45-29-13-7-23-38(45)39-24-8-14-30-46(39)61)56(63-49-33-17-11-27-42(49)43-28-12-18-34-50(43)63)60-55(44)62-47-31-15-9-25-40(47)41-26-10-16-32-48(41)62/h1-35H. The maximum Gasteiger partial charge on any atom is 0.167 e. The van der Waals surface area contributed by atoms with E-state index in [1.54, 1.807) is 0 Å². The molecule has 5 aromatic heterocycles. The summed E-state index contributed by atoms with van der Waals surface area (Å²) in [5, 5.41) is 6.90. The maximum atomic E-state index is 6.01. The van der Waals surface area contributed by atoms with E-state index >= 15 is 0 Å². The Hall–Kier alpha value is -8.68. The largest absolute Gasteiger partial charge is 0.306 e. The number of aromatic nitrogens is 7. The first-order valence-corrected chi connectivity index (χ1v) is 21.2. The molecule has 0 N–H and O–H groups in total. The van der Waals surface area contributed by atoms with Gasteiger partial charge in [0.15, 0.2) is 29.1 Å². The molecule has 0 radical (unpaired) electrons. The first kappa shape index (κ1) is 35.1. The molecule has 0 aliphatic carbocycles. The minimum absolute atomic E-state index is 0.517. The number of nitrogens with zero attached hydrogens (tertiary/aromatic N) is 7. The predicted molar refractivity (Wildman–Crippen MR) is 257 cm³/mol. The molecule has 0 atom stereocenters. The van der Waals surface area contributed by atoms with Crippen molar-refractivity contribution in [3.8, 4) is 51.5 Å². The number of pyridine rings is 1. The van der Waals surface area contributed by atoms with Crippen molar-refractivity contribution in [2.75, 3.05) is 0 Å². The molecule has 13 aromatic rings. The van der Waals surface area contributed by atoms with Crippen molar-refractivity contribution in [1.29, 1.82) is 0 Å². The molecule has 0 spiro atoms. The van der Waals surface area contributed by atoms with Gasteiger partial charge in [-0.1, -0.05) is 170 Å². The van der Waals surface area contributed by atoms with Crippen LogP contribution in [0.4, 0.5) is 0 Å². The lowest BCUT2D eigenvalue weighted by Crippen LogP contribution is -2.12. The number of rotatable bonds is 6. The fourth-order valence-electron chi connectivity index (χ4n) is 9.56. The second-order valence-corrected chi connectivity index (χ2v) is 15.8. The molecule has 0 aliphatic rings. The molecule has 0 saturated carbocycles. The molecule has 0 amide bonds. The Labute approximate surface area is 361 Å². The van der Waals surface area contributed by atoms with Crippen LogP contribution in [0, 0.1) is 0 Å². The molecule has 7 nitrogen and oxygen atoms in total. The molecule has 63 heavy (non-hydrogen) atoms. The second-order valence-electron chi connectivity index (χ2n) is 15.8. The molecular weight excluding hydrogens is 771 g/mol. The zero-order chi connectivity index (χ0) is 41.4. The third kappa shape index (κ3) is 5.40. The summed E-state index contributed by atoms with van der Waals surface area (Å²) in [6.07, 6.45) is 0. The van der Waals surface area contributed by atoms with Crippen molar-refractivity contribution in [3.63, 3.8) is 0 Å². The Morgan fingerprint density at radius 1 is 0.254 bits per heavy atom. The van der Waals surface area contributed by atoms with Gasteiger partial charge in [-0.2, -0.15) is 0 Å². The van der Waals surface area contributed by atoms with Crippen LogP contribution in [-0.4, -0.2) is 33.6 Å². The molecule has 7 heteroatoms. The van der Waals surface area contributed by atoms with Crippen LogP contribution in [0.15, 0.2) is 212 Å². The van der Waals surface area contributed by atoms with Gasteiger partial charge in [-0.15, -0.1) is 0 Å². The Morgan fingerprint density at radius 3 is 0.937 bits per heavy atom. The third-order valence-corrected chi connectivity index (χ3v) is 12.3. The highest BCUT2D eigenvalue weighted by Crippen LogP contribution is 2.42. The van der Waals surface area contributed by atoms with Crippen LogP contribution in [0.25, 0.3) is 117 Å². The lowest BCUT2D eigenvalue weighted by Gasteiger charge is -2.21. The van der Waals surface area contributed by atoms with Crippen molar-refractivity contribution in [2.24, 2.45) is 0 Å². The number of benzene rings is 8. The number of fused-ring (bicyclic) bond motifs is 9. The van der Waals surface area contributed by atoms with Crippen molar-refractivity contribution in [1.82, 2.24) is 33.6 Å². The summed E-state index contributed by atoms with van der Waals surface area (Å²) >= 11 is 0. The molecule has 0 aliphatic heterocycles. The van der Waals surface area contributed by atoms with E-state index in [1.807, 2.05) is 36.4 Å². The highest BCUT2D eigenvalue weighted by atomic mass is 15.2. The molecule has 0 unspecified atom stereocenters. The van der Waals surface area contributed by atoms with Gasteiger partial charge >= 0.3 is 0 Å². The molecule has 0 saturated heterocycles. The van der Waals surface area contributed by atoms with E-state index in [1.165, 1.54) is 0 Å². The Kier molecular flexibility index (Phi) is 7.77. The van der Waals surface area contributed by atoms with Gasteiger partial charge in [0, 0.05) is 43.4 Å².